The van der Waals surface area contributed by atoms with E-state index in [9.17, 15) is 9.59 Å². The summed E-state index contributed by atoms with van der Waals surface area (Å²) in [4.78, 5) is 24.0. The number of hydrogen-bond acceptors (Lipinski definition) is 4. The molecule has 2 aromatic rings. The number of rotatable bonds is 7. The number of ether oxygens (including phenoxy) is 2. The highest BCUT2D eigenvalue weighted by molar-refractivity contribution is 6.08. The molecule has 2 N–H and O–H groups in total. The van der Waals surface area contributed by atoms with Crippen molar-refractivity contribution in [2.24, 2.45) is 0 Å². The predicted molar refractivity (Wildman–Crippen MR) is 92.5 cm³/mol. The van der Waals surface area contributed by atoms with Gasteiger partial charge in [0.15, 0.2) is 0 Å². The average Bonchev–Trinajstić information content (AvgIpc) is 2.57. The van der Waals surface area contributed by atoms with Crippen molar-refractivity contribution in [2.75, 3.05) is 24.4 Å². The summed E-state index contributed by atoms with van der Waals surface area (Å²) in [6.45, 7) is 2.35. The Kier molecular flexibility index (Phi) is 6.19. The lowest BCUT2D eigenvalue weighted by molar-refractivity contribution is -0.123. The van der Waals surface area contributed by atoms with Crippen LogP contribution in [0.4, 0.5) is 11.4 Å². The predicted octanol–water partition coefficient (Wildman–Crippen LogP) is 3.06. The van der Waals surface area contributed by atoms with Crippen molar-refractivity contribution < 1.29 is 19.1 Å². The van der Waals surface area contributed by atoms with Gasteiger partial charge in [-0.2, -0.15) is 0 Å². The second-order valence-corrected chi connectivity index (χ2v) is 4.93. The van der Waals surface area contributed by atoms with Crippen LogP contribution in [0.3, 0.4) is 0 Å². The molecule has 6 heteroatoms. The van der Waals surface area contributed by atoms with Crippen molar-refractivity contribution >= 4 is 23.2 Å². The maximum Gasteiger partial charge on any atom is 0.233 e. The molecule has 0 aliphatic heterocycles. The van der Waals surface area contributed by atoms with E-state index < -0.39 is 11.8 Å². The third-order valence-corrected chi connectivity index (χ3v) is 3.16. The minimum absolute atomic E-state index is 0.285. The molecule has 0 atom stereocenters. The Hall–Kier alpha value is -3.02. The summed E-state index contributed by atoms with van der Waals surface area (Å²) in [5.74, 6) is 0.460. The zero-order valence-electron chi connectivity index (χ0n) is 13.7. The number of para-hydroxylation sites is 2. The molecule has 2 aromatic carbocycles. The summed E-state index contributed by atoms with van der Waals surface area (Å²) in [5, 5.41) is 5.35. The first kappa shape index (κ1) is 17.3. The number of carbonyl (C=O) groups excluding carboxylic acids is 2. The molecular formula is C18H20N2O4. The van der Waals surface area contributed by atoms with Gasteiger partial charge < -0.3 is 20.1 Å². The largest absolute Gasteiger partial charge is 0.497 e. The summed E-state index contributed by atoms with van der Waals surface area (Å²) in [7, 11) is 1.57. The van der Waals surface area contributed by atoms with E-state index in [1.807, 2.05) is 13.0 Å². The number of benzene rings is 2. The topological polar surface area (TPSA) is 76.7 Å². The average molecular weight is 328 g/mol. The fraction of sp³-hybridized carbons (Fsp3) is 0.222. The van der Waals surface area contributed by atoms with E-state index in [-0.39, 0.29) is 6.42 Å². The number of amides is 2. The minimum Gasteiger partial charge on any atom is -0.497 e. The van der Waals surface area contributed by atoms with E-state index in [0.29, 0.717) is 29.5 Å². The Labute approximate surface area is 140 Å². The number of carbonyl (C=O) groups is 2. The molecule has 0 saturated carbocycles. The van der Waals surface area contributed by atoms with Crippen LogP contribution in [0.5, 0.6) is 11.5 Å². The van der Waals surface area contributed by atoms with Crippen molar-refractivity contribution in [3.8, 4) is 11.5 Å². The molecule has 126 valence electrons. The van der Waals surface area contributed by atoms with Gasteiger partial charge in [0.1, 0.15) is 17.9 Å². The molecule has 24 heavy (non-hydrogen) atoms. The van der Waals surface area contributed by atoms with Crippen LogP contribution in [0.2, 0.25) is 0 Å². The van der Waals surface area contributed by atoms with Crippen molar-refractivity contribution in [1.29, 1.82) is 0 Å². The normalized spacial score (nSPS) is 9.92. The van der Waals surface area contributed by atoms with Crippen LogP contribution in [-0.4, -0.2) is 25.5 Å². The van der Waals surface area contributed by atoms with Gasteiger partial charge in [-0.3, -0.25) is 9.59 Å². The first-order valence-corrected chi connectivity index (χ1v) is 7.58. The van der Waals surface area contributed by atoms with Gasteiger partial charge in [0.05, 0.1) is 19.4 Å². The Morgan fingerprint density at radius 3 is 2.29 bits per heavy atom. The van der Waals surface area contributed by atoms with Crippen molar-refractivity contribution in [3.05, 3.63) is 48.5 Å². The van der Waals surface area contributed by atoms with Crippen LogP contribution in [0, 0.1) is 0 Å². The Morgan fingerprint density at radius 1 is 0.958 bits per heavy atom. The van der Waals surface area contributed by atoms with E-state index in [2.05, 4.69) is 10.6 Å². The lowest BCUT2D eigenvalue weighted by atomic mass is 10.2. The summed E-state index contributed by atoms with van der Waals surface area (Å²) >= 11 is 0. The molecule has 0 spiro atoms. The van der Waals surface area contributed by atoms with Crippen molar-refractivity contribution in [1.82, 2.24) is 0 Å². The summed E-state index contributed by atoms with van der Waals surface area (Å²) in [6.07, 6.45) is -0.285. The molecule has 2 amide bonds. The molecule has 2 rings (SSSR count). The quantitative estimate of drug-likeness (QED) is 0.766. The zero-order valence-corrected chi connectivity index (χ0v) is 13.7. The zero-order chi connectivity index (χ0) is 17.4. The van der Waals surface area contributed by atoms with Crippen molar-refractivity contribution in [3.63, 3.8) is 0 Å². The maximum atomic E-state index is 12.0. The van der Waals surface area contributed by atoms with E-state index in [0.717, 1.165) is 0 Å². The highest BCUT2D eigenvalue weighted by Gasteiger charge is 2.12. The monoisotopic (exact) mass is 328 g/mol. The van der Waals surface area contributed by atoms with Gasteiger partial charge in [-0.05, 0) is 43.3 Å². The van der Waals surface area contributed by atoms with Crippen LogP contribution in [0.15, 0.2) is 48.5 Å². The molecule has 0 unspecified atom stereocenters. The lowest BCUT2D eigenvalue weighted by Gasteiger charge is -2.11. The summed E-state index contributed by atoms with van der Waals surface area (Å²) < 4.78 is 10.5. The first-order valence-electron chi connectivity index (χ1n) is 7.58. The fourth-order valence-electron chi connectivity index (χ4n) is 2.07. The van der Waals surface area contributed by atoms with Gasteiger partial charge in [-0.1, -0.05) is 12.1 Å². The number of anilines is 2. The molecule has 0 heterocycles. The Morgan fingerprint density at radius 2 is 1.62 bits per heavy atom. The fourth-order valence-corrected chi connectivity index (χ4v) is 2.07. The second-order valence-electron chi connectivity index (χ2n) is 4.93. The molecule has 0 aromatic heterocycles. The molecular weight excluding hydrogens is 308 g/mol. The van der Waals surface area contributed by atoms with Gasteiger partial charge in [0.25, 0.3) is 0 Å². The minimum atomic E-state index is -0.409. The van der Waals surface area contributed by atoms with Crippen LogP contribution in [0.1, 0.15) is 13.3 Å². The van der Waals surface area contributed by atoms with Crippen LogP contribution in [-0.2, 0) is 9.59 Å². The first-order chi connectivity index (χ1) is 11.6. The van der Waals surface area contributed by atoms with Gasteiger partial charge in [-0.15, -0.1) is 0 Å². The third-order valence-electron chi connectivity index (χ3n) is 3.16. The van der Waals surface area contributed by atoms with Crippen molar-refractivity contribution in [2.45, 2.75) is 13.3 Å². The molecule has 6 nitrogen and oxygen atoms in total. The third kappa shape index (κ3) is 5.01. The van der Waals surface area contributed by atoms with E-state index in [4.69, 9.17) is 9.47 Å². The molecule has 0 aliphatic carbocycles. The van der Waals surface area contributed by atoms with Gasteiger partial charge in [0, 0.05) is 5.69 Å². The van der Waals surface area contributed by atoms with Gasteiger partial charge in [-0.25, -0.2) is 0 Å². The Bertz CT molecular complexity index is 698. The Balaban J connectivity index is 1.90. The molecule has 0 radical (unpaired) electrons. The van der Waals surface area contributed by atoms with Gasteiger partial charge in [0.2, 0.25) is 11.8 Å². The molecule has 0 aliphatic rings. The summed E-state index contributed by atoms with van der Waals surface area (Å²) in [6, 6.07) is 14.0. The summed E-state index contributed by atoms with van der Waals surface area (Å²) in [5.41, 5.74) is 1.14. The lowest BCUT2D eigenvalue weighted by Crippen LogP contribution is -2.21. The highest BCUT2D eigenvalue weighted by atomic mass is 16.5. The smallest absolute Gasteiger partial charge is 0.233 e. The standard InChI is InChI=1S/C18H20N2O4/c1-3-24-16-7-5-4-6-15(16)20-18(22)12-17(21)19-13-8-10-14(23-2)11-9-13/h4-11H,3,12H2,1-2H3,(H,19,21)(H,20,22). The number of nitrogens with one attached hydrogen (secondary N) is 2. The van der Waals surface area contributed by atoms with Crippen LogP contribution < -0.4 is 20.1 Å². The highest BCUT2D eigenvalue weighted by Crippen LogP contribution is 2.23. The second kappa shape index (κ2) is 8.57. The number of hydrogen-bond donors (Lipinski definition) is 2. The maximum absolute atomic E-state index is 12.0. The molecule has 0 bridgehead atoms. The van der Waals surface area contributed by atoms with E-state index >= 15 is 0 Å². The SMILES string of the molecule is CCOc1ccccc1NC(=O)CC(=O)Nc1ccc(OC)cc1. The molecule has 0 saturated heterocycles. The number of methoxy groups -OCH3 is 1. The van der Waals surface area contributed by atoms with Crippen LogP contribution in [0.25, 0.3) is 0 Å². The van der Waals surface area contributed by atoms with Gasteiger partial charge >= 0.3 is 0 Å². The molecule has 0 fully saturated rings. The van der Waals surface area contributed by atoms with E-state index in [1.54, 1.807) is 49.6 Å². The van der Waals surface area contributed by atoms with Crippen LogP contribution >= 0.6 is 0 Å². The van der Waals surface area contributed by atoms with E-state index in [1.165, 1.54) is 0 Å².